The Labute approximate surface area is 118 Å². The minimum atomic E-state index is 0.481. The molecule has 1 unspecified atom stereocenters. The van der Waals surface area contributed by atoms with Crippen molar-refractivity contribution in [3.8, 4) is 0 Å². The molecule has 1 aromatic carbocycles. The lowest BCUT2D eigenvalue weighted by atomic mass is 9.82. The van der Waals surface area contributed by atoms with E-state index < -0.39 is 0 Å². The Bertz CT molecular complexity index is 394. The van der Waals surface area contributed by atoms with Crippen LogP contribution in [0.4, 0.5) is 5.69 Å². The Hall–Kier alpha value is -1.02. The van der Waals surface area contributed by atoms with Gasteiger partial charge < -0.3 is 10.2 Å². The molecule has 106 valence electrons. The third-order valence-corrected chi connectivity index (χ3v) is 4.39. The largest absolute Gasteiger partial charge is 0.371 e. The molecule has 1 fully saturated rings. The zero-order valence-electron chi connectivity index (χ0n) is 12.7. The van der Waals surface area contributed by atoms with Crippen molar-refractivity contribution in [2.24, 2.45) is 5.41 Å². The SMILES string of the molecule is CCCC1(CN(CC)c2cccc(C)c2)CCNC1. The molecule has 1 aliphatic heterocycles. The molecule has 2 heteroatoms. The van der Waals surface area contributed by atoms with Crippen LogP contribution in [0.15, 0.2) is 24.3 Å². The van der Waals surface area contributed by atoms with Gasteiger partial charge in [-0.25, -0.2) is 0 Å². The Kier molecular flexibility index (Phi) is 4.87. The lowest BCUT2D eigenvalue weighted by molar-refractivity contribution is 0.296. The second kappa shape index (κ2) is 6.42. The number of aryl methyl sites for hydroxylation is 1. The van der Waals surface area contributed by atoms with Crippen LogP contribution >= 0.6 is 0 Å². The summed E-state index contributed by atoms with van der Waals surface area (Å²) >= 11 is 0. The summed E-state index contributed by atoms with van der Waals surface area (Å²) in [6.45, 7) is 11.4. The molecule has 1 N–H and O–H groups in total. The molecule has 1 atom stereocenters. The van der Waals surface area contributed by atoms with Crippen molar-refractivity contribution >= 4 is 5.69 Å². The van der Waals surface area contributed by atoms with Crippen LogP contribution < -0.4 is 10.2 Å². The summed E-state index contributed by atoms with van der Waals surface area (Å²) in [7, 11) is 0. The average Bonchev–Trinajstić information content (AvgIpc) is 2.85. The number of hydrogen-bond donors (Lipinski definition) is 1. The molecule has 0 amide bonds. The van der Waals surface area contributed by atoms with Crippen LogP contribution in [-0.4, -0.2) is 26.2 Å². The second-order valence-corrected chi connectivity index (χ2v) is 6.03. The van der Waals surface area contributed by atoms with E-state index in [0.29, 0.717) is 5.41 Å². The minimum absolute atomic E-state index is 0.481. The van der Waals surface area contributed by atoms with Crippen molar-refractivity contribution in [1.29, 1.82) is 0 Å². The van der Waals surface area contributed by atoms with E-state index in [1.165, 1.54) is 50.1 Å². The first-order chi connectivity index (χ1) is 9.19. The summed E-state index contributed by atoms with van der Waals surface area (Å²) in [5.74, 6) is 0. The molecule has 0 aliphatic carbocycles. The smallest absolute Gasteiger partial charge is 0.0368 e. The highest BCUT2D eigenvalue weighted by atomic mass is 15.1. The van der Waals surface area contributed by atoms with Gasteiger partial charge in [0.25, 0.3) is 0 Å². The lowest BCUT2D eigenvalue weighted by Gasteiger charge is -2.36. The molecule has 0 bridgehead atoms. The number of anilines is 1. The normalized spacial score (nSPS) is 22.7. The first kappa shape index (κ1) is 14.4. The van der Waals surface area contributed by atoms with Gasteiger partial charge in [0.2, 0.25) is 0 Å². The van der Waals surface area contributed by atoms with Crippen molar-refractivity contribution in [3.05, 3.63) is 29.8 Å². The van der Waals surface area contributed by atoms with Gasteiger partial charge in [-0.3, -0.25) is 0 Å². The van der Waals surface area contributed by atoms with E-state index in [-0.39, 0.29) is 0 Å². The lowest BCUT2D eigenvalue weighted by Crippen LogP contribution is -2.39. The van der Waals surface area contributed by atoms with Gasteiger partial charge in [0, 0.05) is 30.7 Å². The predicted octanol–water partition coefficient (Wildman–Crippen LogP) is 3.60. The van der Waals surface area contributed by atoms with E-state index in [2.05, 4.69) is 55.3 Å². The topological polar surface area (TPSA) is 15.3 Å². The fraction of sp³-hybridized carbons (Fsp3) is 0.647. The Balaban J connectivity index is 2.13. The van der Waals surface area contributed by atoms with Crippen LogP contribution in [0.3, 0.4) is 0 Å². The zero-order valence-corrected chi connectivity index (χ0v) is 12.7. The molecule has 1 aliphatic rings. The van der Waals surface area contributed by atoms with Crippen LogP contribution in [0.25, 0.3) is 0 Å². The van der Waals surface area contributed by atoms with E-state index in [1.54, 1.807) is 0 Å². The van der Waals surface area contributed by atoms with Gasteiger partial charge in [0.05, 0.1) is 0 Å². The van der Waals surface area contributed by atoms with Crippen molar-refractivity contribution in [1.82, 2.24) is 5.32 Å². The summed E-state index contributed by atoms with van der Waals surface area (Å²) in [6.07, 6.45) is 3.94. The summed E-state index contributed by atoms with van der Waals surface area (Å²) in [5, 5.41) is 3.56. The second-order valence-electron chi connectivity index (χ2n) is 6.03. The monoisotopic (exact) mass is 260 g/mol. The van der Waals surface area contributed by atoms with Crippen LogP contribution in [0.5, 0.6) is 0 Å². The third kappa shape index (κ3) is 3.50. The standard InChI is InChI=1S/C17H28N2/c1-4-9-17(10-11-18-13-17)14-19(5-2)16-8-6-7-15(3)12-16/h6-8,12,18H,4-5,9-11,13-14H2,1-3H3. The first-order valence-corrected chi connectivity index (χ1v) is 7.71. The number of hydrogen-bond acceptors (Lipinski definition) is 2. The highest BCUT2D eigenvalue weighted by molar-refractivity contribution is 5.48. The molecular formula is C17H28N2. The van der Waals surface area contributed by atoms with Crippen molar-refractivity contribution in [2.75, 3.05) is 31.1 Å². The van der Waals surface area contributed by atoms with Crippen LogP contribution in [0, 0.1) is 12.3 Å². The molecule has 0 saturated carbocycles. The molecular weight excluding hydrogens is 232 g/mol. The molecule has 1 aromatic rings. The predicted molar refractivity (Wildman–Crippen MR) is 83.9 cm³/mol. The highest BCUT2D eigenvalue weighted by Gasteiger charge is 2.34. The number of benzene rings is 1. The van der Waals surface area contributed by atoms with Gasteiger partial charge in [-0.2, -0.15) is 0 Å². The highest BCUT2D eigenvalue weighted by Crippen LogP contribution is 2.33. The summed E-state index contributed by atoms with van der Waals surface area (Å²) in [4.78, 5) is 2.55. The van der Waals surface area contributed by atoms with Gasteiger partial charge in [0.15, 0.2) is 0 Å². The number of rotatable bonds is 6. The van der Waals surface area contributed by atoms with E-state index in [1.807, 2.05) is 0 Å². The summed E-state index contributed by atoms with van der Waals surface area (Å²) in [6, 6.07) is 8.91. The van der Waals surface area contributed by atoms with E-state index in [9.17, 15) is 0 Å². The first-order valence-electron chi connectivity index (χ1n) is 7.71. The third-order valence-electron chi connectivity index (χ3n) is 4.39. The van der Waals surface area contributed by atoms with Crippen LogP contribution in [0.2, 0.25) is 0 Å². The van der Waals surface area contributed by atoms with Gasteiger partial charge in [-0.05, 0) is 50.9 Å². The van der Waals surface area contributed by atoms with Gasteiger partial charge in [-0.15, -0.1) is 0 Å². The number of nitrogens with zero attached hydrogens (tertiary/aromatic N) is 1. The van der Waals surface area contributed by atoms with Crippen molar-refractivity contribution in [2.45, 2.75) is 40.0 Å². The van der Waals surface area contributed by atoms with E-state index in [4.69, 9.17) is 0 Å². The quantitative estimate of drug-likeness (QED) is 0.840. The van der Waals surface area contributed by atoms with Crippen molar-refractivity contribution < 1.29 is 0 Å². The molecule has 1 saturated heterocycles. The molecule has 0 radical (unpaired) electrons. The van der Waals surface area contributed by atoms with Gasteiger partial charge in [-0.1, -0.05) is 25.5 Å². The average molecular weight is 260 g/mol. The zero-order chi connectivity index (χ0) is 13.7. The minimum Gasteiger partial charge on any atom is -0.371 e. The van der Waals surface area contributed by atoms with Gasteiger partial charge in [0.1, 0.15) is 0 Å². The molecule has 1 heterocycles. The van der Waals surface area contributed by atoms with Crippen molar-refractivity contribution in [3.63, 3.8) is 0 Å². The molecule has 19 heavy (non-hydrogen) atoms. The summed E-state index contributed by atoms with van der Waals surface area (Å²) in [5.41, 5.74) is 3.21. The fourth-order valence-electron chi connectivity index (χ4n) is 3.37. The molecule has 2 nitrogen and oxygen atoms in total. The molecule has 2 rings (SSSR count). The Morgan fingerprint density at radius 3 is 2.74 bits per heavy atom. The Morgan fingerprint density at radius 1 is 1.32 bits per heavy atom. The fourth-order valence-corrected chi connectivity index (χ4v) is 3.37. The van der Waals surface area contributed by atoms with Crippen LogP contribution in [-0.2, 0) is 0 Å². The maximum absolute atomic E-state index is 3.56. The van der Waals surface area contributed by atoms with Gasteiger partial charge >= 0.3 is 0 Å². The molecule has 0 spiro atoms. The number of nitrogens with one attached hydrogen (secondary N) is 1. The summed E-state index contributed by atoms with van der Waals surface area (Å²) < 4.78 is 0. The van der Waals surface area contributed by atoms with E-state index in [0.717, 1.165) is 6.54 Å². The maximum Gasteiger partial charge on any atom is 0.0368 e. The van der Waals surface area contributed by atoms with E-state index >= 15 is 0 Å². The Morgan fingerprint density at radius 2 is 2.16 bits per heavy atom. The molecule has 0 aromatic heterocycles. The van der Waals surface area contributed by atoms with Crippen LogP contribution in [0.1, 0.15) is 38.7 Å². The maximum atomic E-state index is 3.56.